The zero-order chi connectivity index (χ0) is 18.8. The predicted molar refractivity (Wildman–Crippen MR) is 105 cm³/mol. The van der Waals surface area contributed by atoms with Gasteiger partial charge in [0.05, 0.1) is 11.0 Å². The zero-order valence-corrected chi connectivity index (χ0v) is 15.2. The molecule has 0 spiro atoms. The van der Waals surface area contributed by atoms with E-state index in [-0.39, 0.29) is 17.7 Å². The van der Waals surface area contributed by atoms with Crippen molar-refractivity contribution >= 4 is 28.5 Å². The molecule has 1 fully saturated rings. The van der Waals surface area contributed by atoms with Crippen LogP contribution in [0.1, 0.15) is 41.9 Å². The molecule has 6 nitrogen and oxygen atoms in total. The molecule has 1 saturated heterocycles. The van der Waals surface area contributed by atoms with Crippen LogP contribution in [0.3, 0.4) is 0 Å². The minimum atomic E-state index is -0.142. The standard InChI is InChI=1S/C21H22N4O2/c1-14(26)15-6-4-8-17(12-15)22-21(27)25-11-5-7-16(13-25)20-23-18-9-2-3-10-19(18)24-20/h2-4,6,8-10,12,16H,5,7,11,13H2,1H3,(H,22,27)(H,23,24). The second kappa shape index (κ2) is 7.23. The van der Waals surface area contributed by atoms with Crippen LogP contribution in [0.15, 0.2) is 48.5 Å². The van der Waals surface area contributed by atoms with Gasteiger partial charge in [-0.25, -0.2) is 9.78 Å². The number of ketones is 1. The average molecular weight is 362 g/mol. The number of aromatic amines is 1. The van der Waals surface area contributed by atoms with Crippen molar-refractivity contribution in [2.24, 2.45) is 0 Å². The SMILES string of the molecule is CC(=O)c1cccc(NC(=O)N2CCCC(c3nc4ccccc4[nH]3)C2)c1. The van der Waals surface area contributed by atoms with Crippen LogP contribution in [-0.4, -0.2) is 39.8 Å². The molecule has 3 aromatic rings. The lowest BCUT2D eigenvalue weighted by Gasteiger charge is -2.31. The molecule has 0 saturated carbocycles. The first kappa shape index (κ1) is 17.3. The van der Waals surface area contributed by atoms with Crippen molar-refractivity contribution in [2.45, 2.75) is 25.7 Å². The fourth-order valence-corrected chi connectivity index (χ4v) is 3.57. The van der Waals surface area contributed by atoms with Gasteiger partial charge in [0, 0.05) is 30.3 Å². The molecule has 138 valence electrons. The van der Waals surface area contributed by atoms with Crippen LogP contribution >= 0.6 is 0 Å². The number of aromatic nitrogens is 2. The highest BCUT2D eigenvalue weighted by atomic mass is 16.2. The molecule has 1 aromatic heterocycles. The Balaban J connectivity index is 1.46. The summed E-state index contributed by atoms with van der Waals surface area (Å²) in [6.45, 7) is 2.86. The molecule has 0 bridgehead atoms. The van der Waals surface area contributed by atoms with Gasteiger partial charge in [-0.15, -0.1) is 0 Å². The maximum atomic E-state index is 12.7. The van der Waals surface area contributed by atoms with Crippen molar-refractivity contribution in [2.75, 3.05) is 18.4 Å². The number of H-pyrrole nitrogens is 1. The largest absolute Gasteiger partial charge is 0.342 e. The summed E-state index contributed by atoms with van der Waals surface area (Å²) in [4.78, 5) is 34.1. The molecular weight excluding hydrogens is 340 g/mol. The van der Waals surface area contributed by atoms with Gasteiger partial charge in [0.1, 0.15) is 5.82 Å². The third kappa shape index (κ3) is 3.69. The highest BCUT2D eigenvalue weighted by Gasteiger charge is 2.27. The molecule has 1 aliphatic heterocycles. The number of piperidine rings is 1. The number of rotatable bonds is 3. The summed E-state index contributed by atoms with van der Waals surface area (Å²) in [7, 11) is 0. The molecule has 0 aliphatic carbocycles. The molecule has 2 amide bonds. The van der Waals surface area contributed by atoms with E-state index >= 15 is 0 Å². The number of benzene rings is 2. The van der Waals surface area contributed by atoms with Crippen LogP contribution < -0.4 is 5.32 Å². The van der Waals surface area contributed by atoms with E-state index in [9.17, 15) is 9.59 Å². The maximum Gasteiger partial charge on any atom is 0.321 e. The van der Waals surface area contributed by atoms with Gasteiger partial charge < -0.3 is 15.2 Å². The van der Waals surface area contributed by atoms with E-state index in [1.165, 1.54) is 6.92 Å². The second-order valence-electron chi connectivity index (χ2n) is 6.99. The molecule has 4 rings (SSSR count). The summed E-state index contributed by atoms with van der Waals surface area (Å²) in [6, 6.07) is 14.9. The van der Waals surface area contributed by atoms with E-state index in [0.29, 0.717) is 17.8 Å². The lowest BCUT2D eigenvalue weighted by molar-refractivity contribution is 0.101. The molecule has 0 radical (unpaired) electrons. The Kier molecular flexibility index (Phi) is 4.62. The van der Waals surface area contributed by atoms with Gasteiger partial charge in [-0.3, -0.25) is 4.79 Å². The normalized spacial score (nSPS) is 17.1. The highest BCUT2D eigenvalue weighted by molar-refractivity contribution is 5.96. The van der Waals surface area contributed by atoms with Gasteiger partial charge >= 0.3 is 6.03 Å². The van der Waals surface area contributed by atoms with E-state index in [4.69, 9.17) is 4.98 Å². The fraction of sp³-hybridized carbons (Fsp3) is 0.286. The summed E-state index contributed by atoms with van der Waals surface area (Å²) >= 11 is 0. The number of urea groups is 1. The zero-order valence-electron chi connectivity index (χ0n) is 15.2. The third-order valence-electron chi connectivity index (χ3n) is 5.02. The first-order valence-electron chi connectivity index (χ1n) is 9.22. The summed E-state index contributed by atoms with van der Waals surface area (Å²) < 4.78 is 0. The molecule has 1 unspecified atom stereocenters. The number of hydrogen-bond donors (Lipinski definition) is 2. The van der Waals surface area contributed by atoms with Gasteiger partial charge in [-0.2, -0.15) is 0 Å². The number of anilines is 1. The Morgan fingerprint density at radius 2 is 2.04 bits per heavy atom. The van der Waals surface area contributed by atoms with Gasteiger partial charge in [0.2, 0.25) is 0 Å². The van der Waals surface area contributed by atoms with Crippen LogP contribution in [-0.2, 0) is 0 Å². The van der Waals surface area contributed by atoms with Gasteiger partial charge in [0.15, 0.2) is 5.78 Å². The number of nitrogens with zero attached hydrogens (tertiary/aromatic N) is 2. The van der Waals surface area contributed by atoms with Crippen molar-refractivity contribution in [1.29, 1.82) is 0 Å². The van der Waals surface area contributed by atoms with E-state index in [1.807, 2.05) is 29.2 Å². The highest BCUT2D eigenvalue weighted by Crippen LogP contribution is 2.27. The van der Waals surface area contributed by atoms with Crippen LogP contribution in [0, 0.1) is 0 Å². The Labute approximate surface area is 157 Å². The Hall–Kier alpha value is -3.15. The first-order chi connectivity index (χ1) is 13.1. The number of Topliss-reactive ketones (excluding diaryl/α,β-unsaturated/α-hetero) is 1. The van der Waals surface area contributed by atoms with Gasteiger partial charge in [-0.1, -0.05) is 24.3 Å². The fourth-order valence-electron chi connectivity index (χ4n) is 3.57. The van der Waals surface area contributed by atoms with E-state index in [2.05, 4.69) is 10.3 Å². The number of likely N-dealkylation sites (tertiary alicyclic amines) is 1. The van der Waals surface area contributed by atoms with Crippen molar-refractivity contribution in [3.8, 4) is 0 Å². The molecule has 6 heteroatoms. The summed E-state index contributed by atoms with van der Waals surface area (Å²) in [6.07, 6.45) is 1.94. The predicted octanol–water partition coefficient (Wildman–Crippen LogP) is 4.18. The number of carbonyl (C=O) groups excluding carboxylic acids is 2. The topological polar surface area (TPSA) is 78.1 Å². The Bertz CT molecular complexity index is 962. The monoisotopic (exact) mass is 362 g/mol. The van der Waals surface area contributed by atoms with Crippen LogP contribution in [0.2, 0.25) is 0 Å². The van der Waals surface area contributed by atoms with Crippen LogP contribution in [0.5, 0.6) is 0 Å². The van der Waals surface area contributed by atoms with Crippen LogP contribution in [0.4, 0.5) is 10.5 Å². The van der Waals surface area contributed by atoms with E-state index < -0.39 is 0 Å². The summed E-state index contributed by atoms with van der Waals surface area (Å²) in [5, 5.41) is 2.91. The minimum absolute atomic E-state index is 0.0194. The van der Waals surface area contributed by atoms with Gasteiger partial charge in [-0.05, 0) is 44.0 Å². The van der Waals surface area contributed by atoms with E-state index in [0.717, 1.165) is 36.2 Å². The summed E-state index contributed by atoms with van der Waals surface area (Å²) in [5.74, 6) is 1.11. The molecule has 27 heavy (non-hydrogen) atoms. The van der Waals surface area contributed by atoms with Crippen molar-refractivity contribution < 1.29 is 9.59 Å². The lowest BCUT2D eigenvalue weighted by Crippen LogP contribution is -2.41. The molecule has 2 heterocycles. The van der Waals surface area contributed by atoms with E-state index in [1.54, 1.807) is 24.3 Å². The number of hydrogen-bond acceptors (Lipinski definition) is 3. The molecular formula is C21H22N4O2. The third-order valence-corrected chi connectivity index (χ3v) is 5.02. The number of carbonyl (C=O) groups is 2. The quantitative estimate of drug-likeness (QED) is 0.686. The van der Waals surface area contributed by atoms with Crippen LogP contribution in [0.25, 0.3) is 11.0 Å². The lowest BCUT2D eigenvalue weighted by atomic mass is 9.97. The Morgan fingerprint density at radius 3 is 2.85 bits per heavy atom. The molecule has 2 aromatic carbocycles. The number of para-hydroxylation sites is 2. The van der Waals surface area contributed by atoms with Crippen molar-refractivity contribution in [3.05, 3.63) is 59.9 Å². The smallest absolute Gasteiger partial charge is 0.321 e. The summed E-state index contributed by atoms with van der Waals surface area (Å²) in [5.41, 5.74) is 3.20. The Morgan fingerprint density at radius 1 is 1.19 bits per heavy atom. The van der Waals surface area contributed by atoms with Crippen molar-refractivity contribution in [1.82, 2.24) is 14.9 Å². The number of imidazole rings is 1. The average Bonchev–Trinajstić information content (AvgIpc) is 3.12. The number of amides is 2. The number of nitrogens with one attached hydrogen (secondary N) is 2. The first-order valence-corrected chi connectivity index (χ1v) is 9.22. The minimum Gasteiger partial charge on any atom is -0.342 e. The second-order valence-corrected chi connectivity index (χ2v) is 6.99. The molecule has 1 atom stereocenters. The molecule has 2 N–H and O–H groups in total. The maximum absolute atomic E-state index is 12.7. The molecule has 1 aliphatic rings. The van der Waals surface area contributed by atoms with Gasteiger partial charge in [0.25, 0.3) is 0 Å². The number of fused-ring (bicyclic) bond motifs is 1. The van der Waals surface area contributed by atoms with Crippen molar-refractivity contribution in [3.63, 3.8) is 0 Å².